The van der Waals surface area contributed by atoms with Crippen molar-refractivity contribution < 1.29 is 32.7 Å². The molecule has 0 aliphatic rings. The lowest BCUT2D eigenvalue weighted by atomic mass is 10.2. The molecule has 2 aromatic rings. The van der Waals surface area contributed by atoms with Crippen molar-refractivity contribution >= 4 is 45.3 Å². The minimum atomic E-state index is -1.03. The molecule has 3 amide bonds. The van der Waals surface area contributed by atoms with E-state index >= 15 is 0 Å². The zero-order valence-corrected chi connectivity index (χ0v) is 17.6. The topological polar surface area (TPSA) is 114 Å². The number of rotatable bonds is 9. The summed E-state index contributed by atoms with van der Waals surface area (Å²) in [7, 11) is 0. The van der Waals surface area contributed by atoms with Gasteiger partial charge in [0.1, 0.15) is 11.6 Å². The number of ether oxygens (including phenoxy) is 1. The van der Waals surface area contributed by atoms with E-state index < -0.39 is 41.9 Å². The van der Waals surface area contributed by atoms with Crippen LogP contribution in [0.15, 0.2) is 46.9 Å². The average molecular weight is 498 g/mol. The molecule has 2 rings (SSSR count). The highest BCUT2D eigenvalue weighted by Gasteiger charge is 2.14. The normalized spacial score (nSPS) is 10.2. The highest BCUT2D eigenvalue weighted by molar-refractivity contribution is 9.10. The standard InChI is InChI=1S/C20H18BrF2N3O5/c21-14-3-1-2-4-16(14)26-17(27)10-25-18(28)11-31-19(29)7-8-24-20(30)13-6-5-12(22)9-15(13)23/h1-6,9H,7-8,10-11H2,(H,24,30)(H,25,28)(H,26,27). The molecule has 0 saturated heterocycles. The van der Waals surface area contributed by atoms with E-state index in [0.29, 0.717) is 16.2 Å². The molecule has 31 heavy (non-hydrogen) atoms. The van der Waals surface area contributed by atoms with E-state index in [4.69, 9.17) is 4.74 Å². The van der Waals surface area contributed by atoms with Crippen molar-refractivity contribution in [3.8, 4) is 0 Å². The summed E-state index contributed by atoms with van der Waals surface area (Å²) in [5.74, 6) is -4.61. The Labute approximate surface area is 184 Å². The number of carbonyl (C=O) groups is 4. The fraction of sp³-hybridized carbons (Fsp3) is 0.200. The molecule has 8 nitrogen and oxygen atoms in total. The van der Waals surface area contributed by atoms with Gasteiger partial charge in [-0.1, -0.05) is 12.1 Å². The number of carbonyl (C=O) groups excluding carboxylic acids is 4. The Bertz CT molecular complexity index is 987. The third-order valence-electron chi connectivity index (χ3n) is 3.75. The van der Waals surface area contributed by atoms with Gasteiger partial charge in [-0.15, -0.1) is 0 Å². The van der Waals surface area contributed by atoms with Crippen molar-refractivity contribution in [1.82, 2.24) is 10.6 Å². The third-order valence-corrected chi connectivity index (χ3v) is 4.44. The van der Waals surface area contributed by atoms with Crippen LogP contribution < -0.4 is 16.0 Å². The van der Waals surface area contributed by atoms with E-state index in [1.165, 1.54) is 0 Å². The summed E-state index contributed by atoms with van der Waals surface area (Å²) in [6, 6.07) is 9.42. The summed E-state index contributed by atoms with van der Waals surface area (Å²) in [6.07, 6.45) is -0.273. The number of anilines is 1. The minimum absolute atomic E-state index is 0.176. The Hall–Kier alpha value is -3.34. The summed E-state index contributed by atoms with van der Waals surface area (Å²) in [5, 5.41) is 7.18. The van der Waals surface area contributed by atoms with Crippen molar-refractivity contribution in [2.24, 2.45) is 0 Å². The van der Waals surface area contributed by atoms with Gasteiger partial charge in [0, 0.05) is 17.1 Å². The molecule has 0 aromatic heterocycles. The molecule has 0 aliphatic heterocycles. The number of hydrogen-bond donors (Lipinski definition) is 3. The first kappa shape index (κ1) is 23.9. The van der Waals surface area contributed by atoms with E-state index in [9.17, 15) is 28.0 Å². The number of nitrogens with one attached hydrogen (secondary N) is 3. The van der Waals surface area contributed by atoms with Crippen LogP contribution >= 0.6 is 15.9 Å². The molecule has 0 bridgehead atoms. The fourth-order valence-corrected chi connectivity index (χ4v) is 2.64. The van der Waals surface area contributed by atoms with Crippen LogP contribution in [0.5, 0.6) is 0 Å². The number of esters is 1. The predicted octanol–water partition coefficient (Wildman–Crippen LogP) is 2.15. The van der Waals surface area contributed by atoms with Crippen LogP contribution in [0.25, 0.3) is 0 Å². The highest BCUT2D eigenvalue weighted by atomic mass is 79.9. The third kappa shape index (κ3) is 8.13. The Morgan fingerprint density at radius 3 is 2.42 bits per heavy atom. The number of halogens is 3. The summed E-state index contributed by atoms with van der Waals surface area (Å²) < 4.78 is 31.8. The van der Waals surface area contributed by atoms with E-state index in [2.05, 4.69) is 31.9 Å². The van der Waals surface area contributed by atoms with Crippen LogP contribution in [0.4, 0.5) is 14.5 Å². The van der Waals surface area contributed by atoms with Gasteiger partial charge in [0.25, 0.3) is 11.8 Å². The molecule has 2 aromatic carbocycles. The van der Waals surface area contributed by atoms with Crippen molar-refractivity contribution in [3.63, 3.8) is 0 Å². The lowest BCUT2D eigenvalue weighted by Crippen LogP contribution is -2.36. The van der Waals surface area contributed by atoms with Crippen molar-refractivity contribution in [1.29, 1.82) is 0 Å². The van der Waals surface area contributed by atoms with Gasteiger partial charge in [-0.25, -0.2) is 8.78 Å². The Kier molecular flexibility index (Phi) is 9.07. The van der Waals surface area contributed by atoms with Crippen LogP contribution in [0.3, 0.4) is 0 Å². The maximum atomic E-state index is 13.5. The molecule has 0 saturated carbocycles. The quantitative estimate of drug-likeness (QED) is 0.459. The first-order valence-corrected chi connectivity index (χ1v) is 9.75. The minimum Gasteiger partial charge on any atom is -0.456 e. The Morgan fingerprint density at radius 1 is 0.968 bits per heavy atom. The van der Waals surface area contributed by atoms with Gasteiger partial charge in [-0.2, -0.15) is 0 Å². The molecular weight excluding hydrogens is 480 g/mol. The first-order chi connectivity index (χ1) is 14.8. The van der Waals surface area contributed by atoms with Gasteiger partial charge in [0.15, 0.2) is 6.61 Å². The maximum absolute atomic E-state index is 13.5. The lowest BCUT2D eigenvalue weighted by molar-refractivity contribution is -0.148. The van der Waals surface area contributed by atoms with E-state index in [-0.39, 0.29) is 25.1 Å². The summed E-state index contributed by atoms with van der Waals surface area (Å²) in [5.41, 5.74) is 0.172. The second-order valence-electron chi connectivity index (χ2n) is 6.10. The average Bonchev–Trinajstić information content (AvgIpc) is 2.72. The number of hydrogen-bond acceptors (Lipinski definition) is 5. The molecule has 11 heteroatoms. The van der Waals surface area contributed by atoms with Crippen molar-refractivity contribution in [2.45, 2.75) is 6.42 Å². The van der Waals surface area contributed by atoms with Gasteiger partial charge in [0.2, 0.25) is 5.91 Å². The predicted molar refractivity (Wildman–Crippen MR) is 110 cm³/mol. The van der Waals surface area contributed by atoms with Gasteiger partial charge >= 0.3 is 5.97 Å². The van der Waals surface area contributed by atoms with Crippen LogP contribution in [0.2, 0.25) is 0 Å². The SMILES string of the molecule is O=C(COC(=O)CCNC(=O)c1ccc(F)cc1F)NCC(=O)Nc1ccccc1Br. The number of amides is 3. The van der Waals surface area contributed by atoms with Gasteiger partial charge < -0.3 is 20.7 Å². The van der Waals surface area contributed by atoms with E-state index in [1.54, 1.807) is 24.3 Å². The molecule has 0 fully saturated rings. The van der Waals surface area contributed by atoms with Gasteiger partial charge in [-0.3, -0.25) is 19.2 Å². The molecule has 164 valence electrons. The second-order valence-corrected chi connectivity index (χ2v) is 6.95. The number of para-hydroxylation sites is 1. The molecular formula is C20H18BrF2N3O5. The molecule has 3 N–H and O–H groups in total. The van der Waals surface area contributed by atoms with Crippen LogP contribution in [-0.2, 0) is 19.1 Å². The largest absolute Gasteiger partial charge is 0.456 e. The zero-order valence-electron chi connectivity index (χ0n) is 16.0. The molecule has 0 heterocycles. The Balaban J connectivity index is 1.63. The molecule has 0 unspecified atom stereocenters. The van der Waals surface area contributed by atoms with Crippen LogP contribution in [-0.4, -0.2) is 43.4 Å². The monoisotopic (exact) mass is 497 g/mol. The fourth-order valence-electron chi connectivity index (χ4n) is 2.25. The highest BCUT2D eigenvalue weighted by Crippen LogP contribution is 2.20. The lowest BCUT2D eigenvalue weighted by Gasteiger charge is -2.09. The van der Waals surface area contributed by atoms with Crippen LogP contribution in [0, 0.1) is 11.6 Å². The van der Waals surface area contributed by atoms with Gasteiger partial charge in [-0.05, 0) is 40.2 Å². The maximum Gasteiger partial charge on any atom is 0.308 e. The smallest absolute Gasteiger partial charge is 0.308 e. The first-order valence-electron chi connectivity index (χ1n) is 8.96. The molecule has 0 atom stereocenters. The van der Waals surface area contributed by atoms with Crippen molar-refractivity contribution in [2.75, 3.05) is 25.0 Å². The molecule has 0 spiro atoms. The summed E-state index contributed by atoms with van der Waals surface area (Å²) in [6.45, 7) is -1.11. The van der Waals surface area contributed by atoms with E-state index in [1.807, 2.05) is 0 Å². The van der Waals surface area contributed by atoms with Crippen molar-refractivity contribution in [3.05, 3.63) is 64.1 Å². The summed E-state index contributed by atoms with van der Waals surface area (Å²) >= 11 is 3.28. The van der Waals surface area contributed by atoms with Crippen LogP contribution in [0.1, 0.15) is 16.8 Å². The molecule has 0 aliphatic carbocycles. The number of benzene rings is 2. The van der Waals surface area contributed by atoms with Gasteiger partial charge in [0.05, 0.1) is 24.2 Å². The summed E-state index contributed by atoms with van der Waals surface area (Å²) in [4.78, 5) is 46.9. The molecule has 0 radical (unpaired) electrons. The zero-order chi connectivity index (χ0) is 22.8. The second kappa shape index (κ2) is 11.7. The van der Waals surface area contributed by atoms with E-state index in [0.717, 1.165) is 12.1 Å². The Morgan fingerprint density at radius 2 is 1.71 bits per heavy atom.